The van der Waals surface area contributed by atoms with Gasteiger partial charge in [-0.2, -0.15) is 0 Å². The van der Waals surface area contributed by atoms with Crippen molar-refractivity contribution >= 4 is 17.7 Å². The van der Waals surface area contributed by atoms with Gasteiger partial charge in [0, 0.05) is 50.1 Å². The second kappa shape index (κ2) is 8.39. The number of rotatable bonds is 5. The number of hydrogen-bond donors (Lipinski definition) is 1. The number of amides is 3. The quantitative estimate of drug-likeness (QED) is 0.671. The Hall–Kier alpha value is -3.46. The van der Waals surface area contributed by atoms with Crippen LogP contribution in [-0.2, 0) is 29.1 Å². The zero-order valence-corrected chi connectivity index (χ0v) is 18.8. The summed E-state index contributed by atoms with van der Waals surface area (Å²) in [4.78, 5) is 45.0. The molecule has 4 aliphatic heterocycles. The van der Waals surface area contributed by atoms with Crippen LogP contribution in [0, 0.1) is 0 Å². The first-order valence-corrected chi connectivity index (χ1v) is 11.8. The molecule has 4 aliphatic rings. The molecule has 1 N–H and O–H groups in total. The van der Waals surface area contributed by atoms with Crippen LogP contribution < -0.4 is 14.8 Å². The molecule has 3 amide bonds. The molecule has 0 radical (unpaired) electrons. The number of imide groups is 1. The van der Waals surface area contributed by atoms with E-state index in [0.717, 1.165) is 61.8 Å². The molecule has 0 spiro atoms. The highest BCUT2D eigenvalue weighted by atomic mass is 16.5. The van der Waals surface area contributed by atoms with Crippen molar-refractivity contribution in [3.8, 4) is 11.5 Å². The summed E-state index contributed by atoms with van der Waals surface area (Å²) in [6, 6.07) is 7.05. The van der Waals surface area contributed by atoms with Crippen molar-refractivity contribution in [1.29, 1.82) is 0 Å². The average molecular weight is 463 g/mol. The van der Waals surface area contributed by atoms with Crippen LogP contribution in [0.2, 0.25) is 0 Å². The maximum Gasteiger partial charge on any atom is 0.255 e. The minimum absolute atomic E-state index is 0.0687. The number of piperidine rings is 1. The van der Waals surface area contributed by atoms with E-state index in [1.54, 1.807) is 11.0 Å². The normalized spacial score (nSPS) is 24.1. The minimum Gasteiger partial charge on any atom is -0.491 e. The summed E-state index contributed by atoms with van der Waals surface area (Å²) >= 11 is 0. The molecule has 2 saturated heterocycles. The fraction of sp³-hybridized carbons (Fsp3) is 0.440. The van der Waals surface area contributed by atoms with Crippen LogP contribution in [0.25, 0.3) is 0 Å². The van der Waals surface area contributed by atoms with Crippen molar-refractivity contribution < 1.29 is 23.9 Å². The third kappa shape index (κ3) is 3.90. The highest BCUT2D eigenvalue weighted by Crippen LogP contribution is 2.31. The number of benzene rings is 1. The van der Waals surface area contributed by atoms with Gasteiger partial charge in [0.15, 0.2) is 0 Å². The molecule has 0 aliphatic carbocycles. The summed E-state index contributed by atoms with van der Waals surface area (Å²) in [6.07, 6.45) is 4.37. The Balaban J connectivity index is 1.08. The molecule has 1 aromatic heterocycles. The monoisotopic (exact) mass is 462 g/mol. The maximum atomic E-state index is 12.9. The van der Waals surface area contributed by atoms with Crippen LogP contribution >= 0.6 is 0 Å². The number of nitrogens with zero attached hydrogens (tertiary/aromatic N) is 3. The zero-order chi connectivity index (χ0) is 23.2. The lowest BCUT2D eigenvalue weighted by Gasteiger charge is -2.29. The SMILES string of the molecule is O=C1CCC(N2Cc3cc(OC4CCN(Cc5cc6c(cn5)OCC6)C4)ccc3C2=O)C(=O)N1. The van der Waals surface area contributed by atoms with E-state index in [1.807, 2.05) is 18.3 Å². The van der Waals surface area contributed by atoms with Crippen LogP contribution in [0.5, 0.6) is 11.5 Å². The summed E-state index contributed by atoms with van der Waals surface area (Å²) in [7, 11) is 0. The number of ether oxygens (including phenoxy) is 2. The fourth-order valence-electron chi connectivity index (χ4n) is 5.30. The Kier molecular flexibility index (Phi) is 5.21. The van der Waals surface area contributed by atoms with E-state index in [2.05, 4.69) is 21.3 Å². The molecule has 176 valence electrons. The zero-order valence-electron chi connectivity index (χ0n) is 18.8. The van der Waals surface area contributed by atoms with Gasteiger partial charge in [-0.1, -0.05) is 0 Å². The number of hydrogen-bond acceptors (Lipinski definition) is 7. The Morgan fingerprint density at radius 2 is 2.03 bits per heavy atom. The summed E-state index contributed by atoms with van der Waals surface area (Å²) in [5, 5.41) is 2.34. The molecular formula is C25H26N4O5. The molecule has 2 fully saturated rings. The average Bonchev–Trinajstić information content (AvgIpc) is 3.53. The van der Waals surface area contributed by atoms with E-state index in [-0.39, 0.29) is 24.3 Å². The fourth-order valence-corrected chi connectivity index (χ4v) is 5.30. The predicted molar refractivity (Wildman–Crippen MR) is 120 cm³/mol. The Bertz CT molecular complexity index is 1180. The molecule has 0 bridgehead atoms. The molecule has 6 rings (SSSR count). The first kappa shape index (κ1) is 21.1. The third-order valence-corrected chi connectivity index (χ3v) is 7.05. The van der Waals surface area contributed by atoms with E-state index >= 15 is 0 Å². The largest absolute Gasteiger partial charge is 0.491 e. The minimum atomic E-state index is -0.607. The molecular weight excluding hydrogens is 436 g/mol. The van der Waals surface area contributed by atoms with Crippen LogP contribution in [0.1, 0.15) is 46.4 Å². The lowest BCUT2D eigenvalue weighted by atomic mass is 10.0. The molecule has 2 atom stereocenters. The third-order valence-electron chi connectivity index (χ3n) is 7.05. The number of aromatic nitrogens is 1. The van der Waals surface area contributed by atoms with E-state index in [9.17, 15) is 14.4 Å². The number of pyridine rings is 1. The van der Waals surface area contributed by atoms with Gasteiger partial charge in [0.05, 0.1) is 18.5 Å². The van der Waals surface area contributed by atoms with Crippen LogP contribution in [0.15, 0.2) is 30.5 Å². The van der Waals surface area contributed by atoms with Gasteiger partial charge in [0.1, 0.15) is 23.6 Å². The lowest BCUT2D eigenvalue weighted by Crippen LogP contribution is -2.52. The molecule has 9 heteroatoms. The summed E-state index contributed by atoms with van der Waals surface area (Å²) in [5.41, 5.74) is 3.73. The van der Waals surface area contributed by atoms with Crippen LogP contribution in [0.4, 0.5) is 0 Å². The Morgan fingerprint density at radius 1 is 1.12 bits per heavy atom. The molecule has 2 aromatic rings. The van der Waals surface area contributed by atoms with Gasteiger partial charge in [-0.25, -0.2) is 0 Å². The number of carbonyl (C=O) groups is 3. The van der Waals surface area contributed by atoms with Crippen molar-refractivity contribution in [3.63, 3.8) is 0 Å². The molecule has 34 heavy (non-hydrogen) atoms. The van der Waals surface area contributed by atoms with Crippen molar-refractivity contribution in [2.24, 2.45) is 0 Å². The van der Waals surface area contributed by atoms with E-state index in [1.165, 1.54) is 5.56 Å². The van der Waals surface area contributed by atoms with Crippen molar-refractivity contribution in [3.05, 3.63) is 52.8 Å². The van der Waals surface area contributed by atoms with Gasteiger partial charge in [-0.3, -0.25) is 29.6 Å². The number of fused-ring (bicyclic) bond motifs is 2. The van der Waals surface area contributed by atoms with E-state index in [4.69, 9.17) is 9.47 Å². The maximum absolute atomic E-state index is 12.9. The van der Waals surface area contributed by atoms with Crippen LogP contribution in [-0.4, -0.2) is 64.3 Å². The van der Waals surface area contributed by atoms with Gasteiger partial charge < -0.3 is 14.4 Å². The van der Waals surface area contributed by atoms with Gasteiger partial charge in [-0.05, 0) is 42.7 Å². The van der Waals surface area contributed by atoms with Crippen molar-refractivity contribution in [1.82, 2.24) is 20.1 Å². The first-order chi connectivity index (χ1) is 16.5. The highest BCUT2D eigenvalue weighted by Gasteiger charge is 2.39. The Morgan fingerprint density at radius 3 is 2.91 bits per heavy atom. The topological polar surface area (TPSA) is 101 Å². The highest BCUT2D eigenvalue weighted by molar-refractivity contribution is 6.05. The smallest absolute Gasteiger partial charge is 0.255 e. The second-order valence-corrected chi connectivity index (χ2v) is 9.36. The summed E-state index contributed by atoms with van der Waals surface area (Å²) < 4.78 is 11.8. The Labute approximate surface area is 197 Å². The van der Waals surface area contributed by atoms with E-state index < -0.39 is 11.9 Å². The summed E-state index contributed by atoms with van der Waals surface area (Å²) in [6.45, 7) is 3.62. The van der Waals surface area contributed by atoms with E-state index in [0.29, 0.717) is 18.5 Å². The standard InChI is InChI=1S/C25H26N4O5/c30-23-4-3-21(24(31)27-23)29-12-16-10-18(1-2-20(16)25(29)32)34-19-5-7-28(14-19)13-17-9-15-6-8-33-22(15)11-26-17/h1-2,9-11,19,21H,3-8,12-14H2,(H,27,30,31). The number of nitrogens with one attached hydrogen (secondary N) is 1. The van der Waals surface area contributed by atoms with Gasteiger partial charge in [-0.15, -0.1) is 0 Å². The number of likely N-dealkylation sites (tertiary alicyclic amines) is 1. The van der Waals surface area contributed by atoms with Gasteiger partial charge in [0.2, 0.25) is 11.8 Å². The first-order valence-electron chi connectivity index (χ1n) is 11.8. The molecule has 9 nitrogen and oxygen atoms in total. The molecule has 1 aromatic carbocycles. The second-order valence-electron chi connectivity index (χ2n) is 9.36. The summed E-state index contributed by atoms with van der Waals surface area (Å²) in [5.74, 6) is 0.780. The number of carbonyl (C=O) groups excluding carboxylic acids is 3. The van der Waals surface area contributed by atoms with Gasteiger partial charge >= 0.3 is 0 Å². The molecule has 2 unspecified atom stereocenters. The molecule has 0 saturated carbocycles. The van der Waals surface area contributed by atoms with Crippen molar-refractivity contribution in [2.45, 2.75) is 50.9 Å². The lowest BCUT2D eigenvalue weighted by molar-refractivity contribution is -0.136. The molecule has 5 heterocycles. The van der Waals surface area contributed by atoms with Gasteiger partial charge in [0.25, 0.3) is 5.91 Å². The predicted octanol–water partition coefficient (Wildman–Crippen LogP) is 1.43. The van der Waals surface area contributed by atoms with Crippen molar-refractivity contribution in [2.75, 3.05) is 19.7 Å². The van der Waals surface area contributed by atoms with Crippen LogP contribution in [0.3, 0.4) is 0 Å².